The van der Waals surface area contributed by atoms with Gasteiger partial charge in [0.25, 0.3) is 0 Å². The van der Waals surface area contributed by atoms with Crippen LogP contribution in [0.3, 0.4) is 0 Å². The summed E-state index contributed by atoms with van der Waals surface area (Å²) in [5, 5.41) is 9.80. The molecule has 1 unspecified atom stereocenters. The Morgan fingerprint density at radius 1 is 1.03 bits per heavy atom. The van der Waals surface area contributed by atoms with Crippen LogP contribution < -0.4 is 29.4 Å². The van der Waals surface area contributed by atoms with E-state index in [2.05, 4.69) is 13.0 Å². The lowest BCUT2D eigenvalue weighted by Crippen LogP contribution is -2.21. The summed E-state index contributed by atoms with van der Waals surface area (Å²) in [6.07, 6.45) is 2.03. The summed E-state index contributed by atoms with van der Waals surface area (Å²) in [4.78, 5) is 12.4. The number of unbranched alkanes of at least 4 members (excludes halogenated alkanes) is 1. The second-order valence-corrected chi connectivity index (χ2v) is 8.31. The number of allylic oxidation sites excluding steroid dienone is 1. The summed E-state index contributed by atoms with van der Waals surface area (Å²) in [6, 6.07) is 21.8. The Kier molecular flexibility index (Phi) is 8.16. The molecule has 1 aliphatic heterocycles. The third-order valence-electron chi connectivity index (χ3n) is 5.82. The monoisotopic (exact) mass is 500 g/mol. The van der Waals surface area contributed by atoms with Crippen LogP contribution in [0, 0.1) is 11.3 Å². The van der Waals surface area contributed by atoms with Crippen molar-refractivity contribution in [3.05, 3.63) is 89.3 Å². The van der Waals surface area contributed by atoms with E-state index in [9.17, 15) is 10.1 Å². The molecule has 3 aromatic carbocycles. The van der Waals surface area contributed by atoms with Crippen LogP contribution in [0.15, 0.2) is 78.2 Å². The highest BCUT2D eigenvalue weighted by atomic mass is 16.6. The van der Waals surface area contributed by atoms with Gasteiger partial charge in [-0.15, -0.1) is 0 Å². The first-order chi connectivity index (χ1) is 18.0. The summed E-state index contributed by atoms with van der Waals surface area (Å²) >= 11 is 0. The third-order valence-corrected chi connectivity index (χ3v) is 5.82. The van der Waals surface area contributed by atoms with Crippen molar-refractivity contribution in [3.63, 3.8) is 0 Å². The van der Waals surface area contributed by atoms with Crippen LogP contribution in [-0.4, -0.2) is 26.3 Å². The highest BCUT2D eigenvalue weighted by Crippen LogP contribution is 2.43. The summed E-state index contributed by atoms with van der Waals surface area (Å²) in [5.41, 5.74) is 8.01. The van der Waals surface area contributed by atoms with Gasteiger partial charge in [0.1, 0.15) is 28.9 Å². The van der Waals surface area contributed by atoms with Crippen LogP contribution in [0.2, 0.25) is 0 Å². The van der Waals surface area contributed by atoms with E-state index in [0.717, 1.165) is 29.7 Å². The van der Waals surface area contributed by atoms with Crippen molar-refractivity contribution < 1.29 is 28.5 Å². The SMILES string of the molecule is CCCCOc1ccc(C2C(C#N)=C(N)Oc3cc(OC(=O)COc4ccccc4OC)ccc32)cc1. The van der Waals surface area contributed by atoms with Crippen LogP contribution in [0.4, 0.5) is 0 Å². The fourth-order valence-electron chi connectivity index (χ4n) is 3.97. The number of nitriles is 1. The van der Waals surface area contributed by atoms with Crippen molar-refractivity contribution in [3.8, 4) is 34.8 Å². The second kappa shape index (κ2) is 11.9. The zero-order valence-electron chi connectivity index (χ0n) is 20.7. The van der Waals surface area contributed by atoms with E-state index in [1.54, 1.807) is 42.5 Å². The van der Waals surface area contributed by atoms with Gasteiger partial charge in [0.15, 0.2) is 18.1 Å². The van der Waals surface area contributed by atoms with Gasteiger partial charge < -0.3 is 29.4 Å². The maximum atomic E-state index is 12.4. The van der Waals surface area contributed by atoms with E-state index < -0.39 is 11.9 Å². The highest BCUT2D eigenvalue weighted by Gasteiger charge is 2.31. The molecule has 0 saturated carbocycles. The number of para-hydroxylation sites is 2. The first-order valence-corrected chi connectivity index (χ1v) is 11.9. The van der Waals surface area contributed by atoms with Gasteiger partial charge in [-0.2, -0.15) is 5.26 Å². The standard InChI is InChI=1S/C29H28N2O6/c1-3-4-15-34-20-11-9-19(10-12-20)28-22-14-13-21(16-26(22)37-29(31)23(28)17-30)36-27(32)18-35-25-8-6-5-7-24(25)33-2/h5-14,16,28H,3-4,15,18,31H2,1-2H3. The molecule has 0 amide bonds. The Balaban J connectivity index is 1.50. The maximum absolute atomic E-state index is 12.4. The molecule has 3 aromatic rings. The topological polar surface area (TPSA) is 113 Å². The fourth-order valence-corrected chi connectivity index (χ4v) is 3.97. The number of hydrogen-bond acceptors (Lipinski definition) is 8. The van der Waals surface area contributed by atoms with Crippen LogP contribution in [0.1, 0.15) is 36.8 Å². The molecule has 2 N–H and O–H groups in total. The van der Waals surface area contributed by atoms with Gasteiger partial charge in [-0.3, -0.25) is 0 Å². The number of nitrogens with two attached hydrogens (primary N) is 1. The molecule has 0 aliphatic carbocycles. The van der Waals surface area contributed by atoms with E-state index in [1.165, 1.54) is 7.11 Å². The number of esters is 1. The maximum Gasteiger partial charge on any atom is 0.349 e. The minimum atomic E-state index is -0.599. The number of benzene rings is 3. The summed E-state index contributed by atoms with van der Waals surface area (Å²) in [6.45, 7) is 2.45. The van der Waals surface area contributed by atoms with Crippen molar-refractivity contribution in [2.24, 2.45) is 5.73 Å². The molecule has 0 spiro atoms. The molecule has 37 heavy (non-hydrogen) atoms. The lowest BCUT2D eigenvalue weighted by molar-refractivity contribution is -0.136. The van der Waals surface area contributed by atoms with E-state index in [-0.39, 0.29) is 18.2 Å². The lowest BCUT2D eigenvalue weighted by atomic mass is 9.83. The molecule has 190 valence electrons. The summed E-state index contributed by atoms with van der Waals surface area (Å²) in [7, 11) is 1.52. The minimum absolute atomic E-state index is 0.00579. The molecular formula is C29H28N2O6. The zero-order valence-corrected chi connectivity index (χ0v) is 20.7. The molecule has 1 heterocycles. The van der Waals surface area contributed by atoms with Crippen LogP contribution in [0.25, 0.3) is 0 Å². The van der Waals surface area contributed by atoms with Crippen molar-refractivity contribution in [1.82, 2.24) is 0 Å². The Morgan fingerprint density at radius 3 is 2.46 bits per heavy atom. The smallest absolute Gasteiger partial charge is 0.349 e. The van der Waals surface area contributed by atoms with Gasteiger partial charge in [-0.25, -0.2) is 4.79 Å². The largest absolute Gasteiger partial charge is 0.494 e. The van der Waals surface area contributed by atoms with E-state index in [0.29, 0.717) is 29.4 Å². The molecule has 8 heteroatoms. The molecule has 1 aliphatic rings. The van der Waals surface area contributed by atoms with Crippen LogP contribution in [-0.2, 0) is 4.79 Å². The van der Waals surface area contributed by atoms with E-state index in [1.807, 2.05) is 24.3 Å². The van der Waals surface area contributed by atoms with Crippen molar-refractivity contribution in [2.45, 2.75) is 25.7 Å². The van der Waals surface area contributed by atoms with Gasteiger partial charge in [-0.1, -0.05) is 43.7 Å². The highest BCUT2D eigenvalue weighted by molar-refractivity contribution is 5.74. The first-order valence-electron chi connectivity index (χ1n) is 11.9. The van der Waals surface area contributed by atoms with Gasteiger partial charge in [0.05, 0.1) is 19.6 Å². The Labute approximate surface area is 215 Å². The Hall–Kier alpha value is -4.64. The molecule has 0 aromatic heterocycles. The molecule has 0 saturated heterocycles. The van der Waals surface area contributed by atoms with Crippen LogP contribution >= 0.6 is 0 Å². The Bertz CT molecular complexity index is 1330. The molecule has 0 bridgehead atoms. The number of ether oxygens (including phenoxy) is 5. The van der Waals surface area contributed by atoms with Crippen molar-refractivity contribution in [1.29, 1.82) is 5.26 Å². The van der Waals surface area contributed by atoms with Crippen molar-refractivity contribution >= 4 is 5.97 Å². The van der Waals surface area contributed by atoms with Crippen LogP contribution in [0.5, 0.6) is 28.7 Å². The lowest BCUT2D eigenvalue weighted by Gasteiger charge is -2.26. The normalized spacial score (nSPS) is 14.1. The fraction of sp³-hybridized carbons (Fsp3) is 0.241. The zero-order chi connectivity index (χ0) is 26.2. The number of carbonyl (C=O) groups excluding carboxylic acids is 1. The predicted octanol–water partition coefficient (Wildman–Crippen LogP) is 5.08. The van der Waals surface area contributed by atoms with Crippen molar-refractivity contribution in [2.75, 3.05) is 20.3 Å². The minimum Gasteiger partial charge on any atom is -0.494 e. The number of methoxy groups -OCH3 is 1. The average Bonchev–Trinajstić information content (AvgIpc) is 2.92. The quantitative estimate of drug-likeness (QED) is 0.233. The molecule has 4 rings (SSSR count). The van der Waals surface area contributed by atoms with Gasteiger partial charge in [0.2, 0.25) is 5.88 Å². The number of rotatable bonds is 10. The molecular weight excluding hydrogens is 472 g/mol. The van der Waals surface area contributed by atoms with E-state index in [4.69, 9.17) is 29.4 Å². The third kappa shape index (κ3) is 5.96. The molecule has 1 atom stereocenters. The molecule has 8 nitrogen and oxygen atoms in total. The summed E-state index contributed by atoms with van der Waals surface area (Å²) in [5.74, 6) is 1.35. The second-order valence-electron chi connectivity index (χ2n) is 8.31. The number of fused-ring (bicyclic) bond motifs is 1. The predicted molar refractivity (Wildman–Crippen MR) is 137 cm³/mol. The Morgan fingerprint density at radius 2 is 1.76 bits per heavy atom. The number of nitrogens with zero attached hydrogens (tertiary/aromatic N) is 1. The average molecular weight is 501 g/mol. The molecule has 0 radical (unpaired) electrons. The molecule has 0 fully saturated rings. The van der Waals surface area contributed by atoms with Gasteiger partial charge >= 0.3 is 5.97 Å². The summed E-state index contributed by atoms with van der Waals surface area (Å²) < 4.78 is 27.7. The van der Waals surface area contributed by atoms with Gasteiger partial charge in [0, 0.05) is 11.6 Å². The first kappa shape index (κ1) is 25.5. The van der Waals surface area contributed by atoms with E-state index >= 15 is 0 Å². The number of hydrogen-bond donors (Lipinski definition) is 1. The number of carbonyl (C=O) groups is 1. The van der Waals surface area contributed by atoms with Gasteiger partial charge in [-0.05, 0) is 42.3 Å².